The van der Waals surface area contributed by atoms with E-state index in [0.29, 0.717) is 11.1 Å². The molecule has 0 unspecified atom stereocenters. The minimum atomic E-state index is -0.766. The number of aromatic hydroxyl groups is 2. The summed E-state index contributed by atoms with van der Waals surface area (Å²) in [5.74, 6) is 0.314. The first-order valence-corrected chi connectivity index (χ1v) is 6.36. The summed E-state index contributed by atoms with van der Waals surface area (Å²) < 4.78 is 0. The lowest BCUT2D eigenvalue weighted by Crippen LogP contribution is -2.12. The Labute approximate surface area is 117 Å². The fourth-order valence-electron chi connectivity index (χ4n) is 1.83. The molecule has 104 valence electrons. The molecule has 20 heavy (non-hydrogen) atoms. The number of phenolic OH excluding ortho intramolecular Hbond substituents is 2. The molecule has 0 fully saturated rings. The molecular formula is C16H17NO3. The van der Waals surface area contributed by atoms with Gasteiger partial charge in [-0.15, -0.1) is 0 Å². The molecule has 0 heterocycles. The van der Waals surface area contributed by atoms with Gasteiger partial charge in [0, 0.05) is 11.8 Å². The standard InChI is InChI=1S/C16H17NO3/c1-11(16(20)12-6-8-14(18)9-7-12)17-10-13-4-2-3-5-15(13)19/h2-11,16,18-20H,1H3/t11-,16+/m1/s1. The second-order valence-corrected chi connectivity index (χ2v) is 4.61. The van der Waals surface area contributed by atoms with Gasteiger partial charge in [-0.3, -0.25) is 4.99 Å². The van der Waals surface area contributed by atoms with Crippen molar-refractivity contribution in [1.29, 1.82) is 0 Å². The lowest BCUT2D eigenvalue weighted by atomic mass is 10.0. The Morgan fingerprint density at radius 2 is 1.65 bits per heavy atom. The van der Waals surface area contributed by atoms with E-state index in [4.69, 9.17) is 0 Å². The van der Waals surface area contributed by atoms with Crippen LogP contribution in [0.5, 0.6) is 11.5 Å². The van der Waals surface area contributed by atoms with Gasteiger partial charge >= 0.3 is 0 Å². The van der Waals surface area contributed by atoms with Gasteiger partial charge in [0.05, 0.1) is 6.04 Å². The molecular weight excluding hydrogens is 254 g/mol. The van der Waals surface area contributed by atoms with Gasteiger partial charge in [0.15, 0.2) is 0 Å². The maximum Gasteiger partial charge on any atom is 0.124 e. The molecule has 0 amide bonds. The molecule has 0 aliphatic heterocycles. The first-order valence-electron chi connectivity index (χ1n) is 6.36. The van der Waals surface area contributed by atoms with Crippen LogP contribution < -0.4 is 0 Å². The summed E-state index contributed by atoms with van der Waals surface area (Å²) >= 11 is 0. The van der Waals surface area contributed by atoms with Crippen molar-refractivity contribution in [2.24, 2.45) is 4.99 Å². The number of hydrogen-bond acceptors (Lipinski definition) is 4. The Bertz CT molecular complexity index is 593. The molecule has 2 aromatic rings. The monoisotopic (exact) mass is 271 g/mol. The third kappa shape index (κ3) is 3.36. The molecule has 0 bridgehead atoms. The van der Waals surface area contributed by atoms with Crippen LogP contribution in [0.3, 0.4) is 0 Å². The maximum atomic E-state index is 10.2. The van der Waals surface area contributed by atoms with Crippen LogP contribution in [0.1, 0.15) is 24.2 Å². The molecule has 2 rings (SSSR count). The number of rotatable bonds is 4. The number of phenols is 2. The molecule has 0 saturated carbocycles. The molecule has 0 aromatic heterocycles. The maximum absolute atomic E-state index is 10.2. The van der Waals surface area contributed by atoms with Crippen LogP contribution in [-0.4, -0.2) is 27.6 Å². The lowest BCUT2D eigenvalue weighted by Gasteiger charge is -2.15. The van der Waals surface area contributed by atoms with Gasteiger partial charge in [0.1, 0.15) is 17.6 Å². The first-order chi connectivity index (χ1) is 9.58. The zero-order chi connectivity index (χ0) is 14.5. The number of para-hydroxylation sites is 1. The number of aliphatic hydroxyl groups is 1. The van der Waals surface area contributed by atoms with E-state index in [0.717, 1.165) is 0 Å². The lowest BCUT2D eigenvalue weighted by molar-refractivity contribution is 0.154. The summed E-state index contributed by atoms with van der Waals surface area (Å²) in [7, 11) is 0. The van der Waals surface area contributed by atoms with E-state index in [2.05, 4.69) is 4.99 Å². The molecule has 0 spiro atoms. The number of aliphatic hydroxyl groups excluding tert-OH is 1. The van der Waals surface area contributed by atoms with Gasteiger partial charge in [0.2, 0.25) is 0 Å². The zero-order valence-corrected chi connectivity index (χ0v) is 11.1. The quantitative estimate of drug-likeness (QED) is 0.748. The first kappa shape index (κ1) is 14.1. The minimum Gasteiger partial charge on any atom is -0.508 e. The van der Waals surface area contributed by atoms with Crippen LogP contribution >= 0.6 is 0 Å². The average molecular weight is 271 g/mol. The van der Waals surface area contributed by atoms with Crippen molar-refractivity contribution in [3.63, 3.8) is 0 Å². The van der Waals surface area contributed by atoms with Crippen molar-refractivity contribution < 1.29 is 15.3 Å². The normalized spacial score (nSPS) is 14.3. The predicted octanol–water partition coefficient (Wildman–Crippen LogP) is 2.64. The van der Waals surface area contributed by atoms with Crippen LogP contribution in [0.4, 0.5) is 0 Å². The van der Waals surface area contributed by atoms with Gasteiger partial charge < -0.3 is 15.3 Å². The molecule has 0 radical (unpaired) electrons. The molecule has 2 atom stereocenters. The highest BCUT2D eigenvalue weighted by atomic mass is 16.3. The summed E-state index contributed by atoms with van der Waals surface area (Å²) in [5.41, 5.74) is 1.29. The smallest absolute Gasteiger partial charge is 0.124 e. The van der Waals surface area contributed by atoms with Gasteiger partial charge in [-0.1, -0.05) is 24.3 Å². The van der Waals surface area contributed by atoms with Crippen LogP contribution in [0.2, 0.25) is 0 Å². The number of nitrogens with zero attached hydrogens (tertiary/aromatic N) is 1. The molecule has 4 nitrogen and oxygen atoms in total. The Hall–Kier alpha value is -2.33. The molecule has 4 heteroatoms. The summed E-state index contributed by atoms with van der Waals surface area (Å²) in [6.45, 7) is 1.79. The third-order valence-electron chi connectivity index (χ3n) is 3.08. The third-order valence-corrected chi connectivity index (χ3v) is 3.08. The van der Waals surface area contributed by atoms with E-state index in [1.807, 2.05) is 6.07 Å². The van der Waals surface area contributed by atoms with E-state index in [-0.39, 0.29) is 17.5 Å². The van der Waals surface area contributed by atoms with Gasteiger partial charge in [-0.25, -0.2) is 0 Å². The van der Waals surface area contributed by atoms with Crippen molar-refractivity contribution in [1.82, 2.24) is 0 Å². The Balaban J connectivity index is 2.09. The highest BCUT2D eigenvalue weighted by Gasteiger charge is 2.14. The summed E-state index contributed by atoms with van der Waals surface area (Å²) in [4.78, 5) is 4.26. The van der Waals surface area contributed by atoms with E-state index in [9.17, 15) is 15.3 Å². The summed E-state index contributed by atoms with van der Waals surface area (Å²) in [6, 6.07) is 12.9. The van der Waals surface area contributed by atoms with E-state index < -0.39 is 6.10 Å². The summed E-state index contributed by atoms with van der Waals surface area (Å²) in [5, 5.41) is 29.0. The second-order valence-electron chi connectivity index (χ2n) is 4.61. The molecule has 3 N–H and O–H groups in total. The minimum absolute atomic E-state index is 0.155. The van der Waals surface area contributed by atoms with E-state index in [1.165, 1.54) is 12.1 Å². The summed E-state index contributed by atoms with van der Waals surface area (Å²) in [6.07, 6.45) is 0.779. The second kappa shape index (κ2) is 6.21. The molecule has 0 aliphatic rings. The SMILES string of the molecule is C[C@@H](N=Cc1ccccc1O)[C@H](O)c1ccc(O)cc1. The van der Waals surface area contributed by atoms with Crippen LogP contribution in [-0.2, 0) is 0 Å². The van der Waals surface area contributed by atoms with Gasteiger partial charge in [0.25, 0.3) is 0 Å². The van der Waals surface area contributed by atoms with Crippen LogP contribution in [0.25, 0.3) is 0 Å². The number of aliphatic imine (C=N–C) groups is 1. The van der Waals surface area contributed by atoms with Crippen LogP contribution in [0.15, 0.2) is 53.5 Å². The highest BCUT2D eigenvalue weighted by molar-refractivity contribution is 5.83. The largest absolute Gasteiger partial charge is 0.508 e. The Kier molecular flexibility index (Phi) is 4.38. The zero-order valence-electron chi connectivity index (χ0n) is 11.1. The van der Waals surface area contributed by atoms with E-state index >= 15 is 0 Å². The van der Waals surface area contributed by atoms with Crippen LogP contribution in [0, 0.1) is 0 Å². The van der Waals surface area contributed by atoms with Gasteiger partial charge in [-0.2, -0.15) is 0 Å². The highest BCUT2D eigenvalue weighted by Crippen LogP contribution is 2.22. The number of benzene rings is 2. The van der Waals surface area contributed by atoms with Crippen molar-refractivity contribution in [3.8, 4) is 11.5 Å². The van der Waals surface area contributed by atoms with E-state index in [1.54, 1.807) is 43.5 Å². The van der Waals surface area contributed by atoms with Crippen molar-refractivity contribution in [3.05, 3.63) is 59.7 Å². The topological polar surface area (TPSA) is 73.1 Å². The number of hydrogen-bond donors (Lipinski definition) is 3. The Morgan fingerprint density at radius 3 is 2.30 bits per heavy atom. The van der Waals surface area contributed by atoms with Crippen molar-refractivity contribution >= 4 is 6.21 Å². The fourth-order valence-corrected chi connectivity index (χ4v) is 1.83. The van der Waals surface area contributed by atoms with Crippen molar-refractivity contribution in [2.45, 2.75) is 19.1 Å². The molecule has 0 aliphatic carbocycles. The average Bonchev–Trinajstić information content (AvgIpc) is 2.46. The van der Waals surface area contributed by atoms with Gasteiger partial charge in [-0.05, 0) is 36.8 Å². The van der Waals surface area contributed by atoms with Crippen molar-refractivity contribution in [2.75, 3.05) is 0 Å². The Morgan fingerprint density at radius 1 is 1.00 bits per heavy atom. The molecule has 0 saturated heterocycles. The fraction of sp³-hybridized carbons (Fsp3) is 0.188. The molecule has 2 aromatic carbocycles. The predicted molar refractivity (Wildman–Crippen MR) is 78.2 cm³/mol.